The lowest BCUT2D eigenvalue weighted by Gasteiger charge is -2.43. The first-order valence-electron chi connectivity index (χ1n) is 7.13. The monoisotopic (exact) mass is 223 g/mol. The van der Waals surface area contributed by atoms with E-state index < -0.39 is 0 Å². The lowest BCUT2D eigenvalue weighted by Crippen LogP contribution is -2.45. The fraction of sp³-hybridized carbons (Fsp3) is 1.00. The molecule has 3 unspecified atom stereocenters. The van der Waals surface area contributed by atoms with Crippen LogP contribution in [0.1, 0.15) is 59.8 Å². The number of rotatable bonds is 4. The van der Waals surface area contributed by atoms with E-state index in [1.807, 2.05) is 0 Å². The van der Waals surface area contributed by atoms with Gasteiger partial charge in [0.25, 0.3) is 0 Å². The SMILES string of the molecule is CCCCN(C)C1CC2CCC1(C)C2(C)C. The lowest BCUT2D eigenvalue weighted by atomic mass is 9.69. The molecule has 0 aromatic carbocycles. The third kappa shape index (κ3) is 1.54. The van der Waals surface area contributed by atoms with Crippen molar-refractivity contribution in [1.29, 1.82) is 0 Å². The molecule has 2 aliphatic carbocycles. The van der Waals surface area contributed by atoms with Crippen LogP contribution in [0.3, 0.4) is 0 Å². The van der Waals surface area contributed by atoms with E-state index in [0.29, 0.717) is 10.8 Å². The van der Waals surface area contributed by atoms with Crippen LogP contribution in [-0.4, -0.2) is 24.5 Å². The van der Waals surface area contributed by atoms with Gasteiger partial charge < -0.3 is 4.90 Å². The molecule has 3 atom stereocenters. The van der Waals surface area contributed by atoms with E-state index in [1.165, 1.54) is 38.6 Å². The number of fused-ring (bicyclic) bond motifs is 2. The molecular weight excluding hydrogens is 194 g/mol. The van der Waals surface area contributed by atoms with Gasteiger partial charge in [-0.25, -0.2) is 0 Å². The summed E-state index contributed by atoms with van der Waals surface area (Å²) in [5.41, 5.74) is 1.14. The molecule has 1 nitrogen and oxygen atoms in total. The van der Waals surface area contributed by atoms with Gasteiger partial charge in [-0.1, -0.05) is 34.1 Å². The van der Waals surface area contributed by atoms with Crippen LogP contribution in [0.2, 0.25) is 0 Å². The van der Waals surface area contributed by atoms with Gasteiger partial charge in [0, 0.05) is 6.04 Å². The van der Waals surface area contributed by atoms with E-state index in [0.717, 1.165) is 12.0 Å². The Morgan fingerprint density at radius 2 is 1.94 bits per heavy atom. The van der Waals surface area contributed by atoms with Crippen molar-refractivity contribution in [2.24, 2.45) is 16.7 Å². The first-order valence-corrected chi connectivity index (χ1v) is 7.13. The molecular formula is C15H29N. The van der Waals surface area contributed by atoms with E-state index in [4.69, 9.17) is 0 Å². The van der Waals surface area contributed by atoms with Crippen LogP contribution in [0, 0.1) is 16.7 Å². The van der Waals surface area contributed by atoms with Crippen molar-refractivity contribution in [3.63, 3.8) is 0 Å². The Morgan fingerprint density at radius 3 is 2.38 bits per heavy atom. The summed E-state index contributed by atoms with van der Waals surface area (Å²) in [7, 11) is 2.35. The maximum absolute atomic E-state index is 2.66. The second-order valence-corrected chi connectivity index (χ2v) is 6.96. The third-order valence-corrected chi connectivity index (χ3v) is 6.14. The van der Waals surface area contributed by atoms with Crippen LogP contribution in [0.5, 0.6) is 0 Å². The van der Waals surface area contributed by atoms with Gasteiger partial charge in [-0.05, 0) is 56.0 Å². The highest BCUT2D eigenvalue weighted by atomic mass is 15.2. The Morgan fingerprint density at radius 1 is 1.25 bits per heavy atom. The zero-order valence-electron chi connectivity index (χ0n) is 11.8. The second-order valence-electron chi connectivity index (χ2n) is 6.96. The molecule has 0 aromatic rings. The molecule has 0 spiro atoms. The largest absolute Gasteiger partial charge is 0.303 e. The molecule has 16 heavy (non-hydrogen) atoms. The Balaban J connectivity index is 2.09. The molecule has 0 aromatic heterocycles. The molecule has 2 bridgehead atoms. The van der Waals surface area contributed by atoms with Crippen LogP contribution < -0.4 is 0 Å². The zero-order chi connectivity index (χ0) is 12.0. The molecule has 94 valence electrons. The van der Waals surface area contributed by atoms with Crippen molar-refractivity contribution in [2.75, 3.05) is 13.6 Å². The van der Waals surface area contributed by atoms with Gasteiger partial charge in [-0.2, -0.15) is 0 Å². The van der Waals surface area contributed by atoms with E-state index in [2.05, 4.69) is 39.6 Å². The molecule has 0 radical (unpaired) electrons. The highest BCUT2D eigenvalue weighted by Gasteiger charge is 2.61. The molecule has 0 amide bonds. The average Bonchev–Trinajstić information content (AvgIpc) is 2.57. The lowest BCUT2D eigenvalue weighted by molar-refractivity contribution is 0.0574. The standard InChI is InChI=1S/C15H29N/c1-6-7-10-16(5)13-11-12-8-9-15(13,4)14(12,2)3/h12-13H,6-11H2,1-5H3. The molecule has 2 aliphatic rings. The van der Waals surface area contributed by atoms with Gasteiger partial charge in [-0.3, -0.25) is 0 Å². The molecule has 0 saturated heterocycles. The smallest absolute Gasteiger partial charge is 0.0154 e. The second kappa shape index (κ2) is 4.01. The first-order chi connectivity index (χ1) is 7.43. The van der Waals surface area contributed by atoms with Gasteiger partial charge in [0.05, 0.1) is 0 Å². The molecule has 1 heteroatoms. The van der Waals surface area contributed by atoms with Crippen molar-refractivity contribution in [1.82, 2.24) is 4.90 Å². The molecule has 0 heterocycles. The topological polar surface area (TPSA) is 3.24 Å². The molecule has 2 fully saturated rings. The predicted octanol–water partition coefficient (Wildman–Crippen LogP) is 3.93. The summed E-state index contributed by atoms with van der Waals surface area (Å²) in [5, 5.41) is 0. The number of hydrogen-bond donors (Lipinski definition) is 0. The maximum Gasteiger partial charge on any atom is 0.0154 e. The van der Waals surface area contributed by atoms with Crippen LogP contribution in [0.25, 0.3) is 0 Å². The van der Waals surface area contributed by atoms with Gasteiger partial charge in [0.15, 0.2) is 0 Å². The zero-order valence-corrected chi connectivity index (χ0v) is 11.8. The van der Waals surface area contributed by atoms with E-state index in [9.17, 15) is 0 Å². The maximum atomic E-state index is 2.66. The van der Waals surface area contributed by atoms with Crippen LogP contribution >= 0.6 is 0 Å². The number of unbranched alkanes of at least 4 members (excludes halogenated alkanes) is 1. The van der Waals surface area contributed by atoms with Crippen LogP contribution in [-0.2, 0) is 0 Å². The average molecular weight is 223 g/mol. The third-order valence-electron chi connectivity index (χ3n) is 6.14. The van der Waals surface area contributed by atoms with E-state index >= 15 is 0 Å². The summed E-state index contributed by atoms with van der Waals surface area (Å²) in [6, 6.07) is 0.841. The van der Waals surface area contributed by atoms with Crippen molar-refractivity contribution in [2.45, 2.75) is 65.8 Å². The van der Waals surface area contributed by atoms with E-state index in [1.54, 1.807) is 0 Å². The summed E-state index contributed by atoms with van der Waals surface area (Å²) in [5.74, 6) is 0.978. The predicted molar refractivity (Wildman–Crippen MR) is 70.6 cm³/mol. The minimum atomic E-state index is 0.568. The minimum absolute atomic E-state index is 0.568. The normalized spacial score (nSPS) is 40.9. The molecule has 2 saturated carbocycles. The van der Waals surface area contributed by atoms with Crippen LogP contribution in [0.4, 0.5) is 0 Å². The summed E-state index contributed by atoms with van der Waals surface area (Å²) in [6.07, 6.45) is 7.05. The quantitative estimate of drug-likeness (QED) is 0.698. The van der Waals surface area contributed by atoms with E-state index in [-0.39, 0.29) is 0 Å². The number of hydrogen-bond acceptors (Lipinski definition) is 1. The Kier molecular flexibility index (Phi) is 3.11. The number of nitrogens with zero attached hydrogens (tertiary/aromatic N) is 1. The Hall–Kier alpha value is -0.0400. The summed E-state index contributed by atoms with van der Waals surface area (Å²) in [6.45, 7) is 11.2. The van der Waals surface area contributed by atoms with Gasteiger partial charge in [0.1, 0.15) is 0 Å². The van der Waals surface area contributed by atoms with Gasteiger partial charge >= 0.3 is 0 Å². The van der Waals surface area contributed by atoms with Crippen molar-refractivity contribution in [3.8, 4) is 0 Å². The fourth-order valence-electron chi connectivity index (χ4n) is 4.39. The van der Waals surface area contributed by atoms with Gasteiger partial charge in [-0.15, -0.1) is 0 Å². The first kappa shape index (κ1) is 12.4. The van der Waals surface area contributed by atoms with Crippen molar-refractivity contribution < 1.29 is 0 Å². The van der Waals surface area contributed by atoms with Crippen LogP contribution in [0.15, 0.2) is 0 Å². The summed E-state index contributed by atoms with van der Waals surface area (Å²) >= 11 is 0. The summed E-state index contributed by atoms with van der Waals surface area (Å²) < 4.78 is 0. The van der Waals surface area contributed by atoms with Crippen molar-refractivity contribution in [3.05, 3.63) is 0 Å². The van der Waals surface area contributed by atoms with Gasteiger partial charge in [0.2, 0.25) is 0 Å². The Labute approximate surface area is 102 Å². The molecule has 2 rings (SSSR count). The minimum Gasteiger partial charge on any atom is -0.303 e. The summed E-state index contributed by atoms with van der Waals surface area (Å²) in [4.78, 5) is 2.66. The highest BCUT2D eigenvalue weighted by Crippen LogP contribution is 2.66. The molecule has 0 aliphatic heterocycles. The highest BCUT2D eigenvalue weighted by molar-refractivity contribution is 5.13. The van der Waals surface area contributed by atoms with Crippen molar-refractivity contribution >= 4 is 0 Å². The molecule has 0 N–H and O–H groups in total. The fourth-order valence-corrected chi connectivity index (χ4v) is 4.39. The Bertz CT molecular complexity index is 258.